The highest BCUT2D eigenvalue weighted by atomic mass is 79.9. The lowest BCUT2D eigenvalue weighted by Gasteiger charge is -2.24. The van der Waals surface area contributed by atoms with Crippen molar-refractivity contribution in [3.63, 3.8) is 0 Å². The molecule has 2 atom stereocenters. The van der Waals surface area contributed by atoms with Gasteiger partial charge in [0.15, 0.2) is 0 Å². The molecule has 1 fully saturated rings. The number of nitrogens with two attached hydrogens (primary N) is 1. The Morgan fingerprint density at radius 2 is 2.22 bits per heavy atom. The van der Waals surface area contributed by atoms with Crippen LogP contribution in [0.5, 0.6) is 5.75 Å². The fraction of sp³-hybridized carbons (Fsp3) is 0.571. The van der Waals surface area contributed by atoms with Crippen molar-refractivity contribution in [1.82, 2.24) is 0 Å². The first-order valence-corrected chi connectivity index (χ1v) is 7.02. The fourth-order valence-corrected chi connectivity index (χ4v) is 3.18. The van der Waals surface area contributed by atoms with Gasteiger partial charge in [-0.25, -0.2) is 0 Å². The van der Waals surface area contributed by atoms with Crippen LogP contribution in [0.4, 0.5) is 0 Å². The molecule has 2 N–H and O–H groups in total. The molecule has 0 amide bonds. The summed E-state index contributed by atoms with van der Waals surface area (Å²) in [5.74, 6) is 1.29. The Morgan fingerprint density at radius 1 is 1.50 bits per heavy atom. The highest BCUT2D eigenvalue weighted by Crippen LogP contribution is 2.39. The lowest BCUT2D eigenvalue weighted by atomic mass is 9.88. The van der Waals surface area contributed by atoms with Crippen LogP contribution in [0.15, 0.2) is 10.5 Å². The minimum atomic E-state index is -0.0290. The summed E-state index contributed by atoms with van der Waals surface area (Å²) in [4.78, 5) is 0. The fourth-order valence-electron chi connectivity index (χ4n) is 2.62. The number of halogens is 1. The van der Waals surface area contributed by atoms with Gasteiger partial charge >= 0.3 is 0 Å². The zero-order chi connectivity index (χ0) is 13.3. The second-order valence-corrected chi connectivity index (χ2v) is 5.75. The van der Waals surface area contributed by atoms with E-state index in [4.69, 9.17) is 15.2 Å². The van der Waals surface area contributed by atoms with Gasteiger partial charge in [0.05, 0.1) is 13.7 Å². The van der Waals surface area contributed by atoms with Crippen molar-refractivity contribution in [3.8, 4) is 5.75 Å². The van der Waals surface area contributed by atoms with E-state index in [-0.39, 0.29) is 6.04 Å². The summed E-state index contributed by atoms with van der Waals surface area (Å²) in [6, 6.07) is 2.05. The summed E-state index contributed by atoms with van der Waals surface area (Å²) in [7, 11) is 1.71. The molecule has 1 aliphatic heterocycles. The summed E-state index contributed by atoms with van der Waals surface area (Å²) < 4.78 is 12.1. The molecule has 0 spiro atoms. The van der Waals surface area contributed by atoms with Gasteiger partial charge in [-0.3, -0.25) is 0 Å². The summed E-state index contributed by atoms with van der Waals surface area (Å²) in [5, 5.41) is 0. The van der Waals surface area contributed by atoms with Gasteiger partial charge in [-0.05, 0) is 37.5 Å². The van der Waals surface area contributed by atoms with Gasteiger partial charge in [0.25, 0.3) is 0 Å². The van der Waals surface area contributed by atoms with Gasteiger partial charge in [-0.2, -0.15) is 0 Å². The lowest BCUT2D eigenvalue weighted by Crippen LogP contribution is -2.23. The van der Waals surface area contributed by atoms with E-state index in [1.54, 1.807) is 7.11 Å². The minimum Gasteiger partial charge on any atom is -0.496 e. The molecule has 100 valence electrons. The number of rotatable bonds is 3. The van der Waals surface area contributed by atoms with Crippen LogP contribution in [0.2, 0.25) is 0 Å². The Morgan fingerprint density at radius 3 is 2.78 bits per heavy atom. The average Bonchev–Trinajstić information content (AvgIpc) is 2.86. The second kappa shape index (κ2) is 5.59. The molecule has 0 bridgehead atoms. The monoisotopic (exact) mass is 313 g/mol. The number of hydrogen-bond donors (Lipinski definition) is 1. The van der Waals surface area contributed by atoms with E-state index in [0.29, 0.717) is 5.92 Å². The van der Waals surface area contributed by atoms with Crippen LogP contribution < -0.4 is 10.5 Å². The molecule has 0 radical (unpaired) electrons. The maximum absolute atomic E-state index is 6.43. The molecule has 1 aromatic carbocycles. The van der Waals surface area contributed by atoms with Crippen molar-refractivity contribution in [1.29, 1.82) is 0 Å². The number of methoxy groups -OCH3 is 1. The average molecular weight is 314 g/mol. The maximum atomic E-state index is 6.43. The minimum absolute atomic E-state index is 0.0290. The molecule has 3 nitrogen and oxygen atoms in total. The molecule has 1 heterocycles. The van der Waals surface area contributed by atoms with Crippen LogP contribution in [0.25, 0.3) is 0 Å². The predicted octanol–water partition coefficient (Wildman–Crippen LogP) is 3.11. The molecule has 4 heteroatoms. The van der Waals surface area contributed by atoms with Crippen molar-refractivity contribution < 1.29 is 9.47 Å². The Bertz CT molecular complexity index is 442. The van der Waals surface area contributed by atoms with E-state index < -0.39 is 0 Å². The van der Waals surface area contributed by atoms with Gasteiger partial charge in [-0.1, -0.05) is 15.9 Å². The summed E-state index contributed by atoms with van der Waals surface area (Å²) in [6.45, 7) is 5.68. The van der Waals surface area contributed by atoms with E-state index in [1.165, 1.54) is 0 Å². The van der Waals surface area contributed by atoms with Crippen LogP contribution in [0.3, 0.4) is 0 Å². The van der Waals surface area contributed by atoms with Crippen LogP contribution >= 0.6 is 15.9 Å². The van der Waals surface area contributed by atoms with Gasteiger partial charge in [-0.15, -0.1) is 0 Å². The second-order valence-electron chi connectivity index (χ2n) is 4.90. The zero-order valence-corrected chi connectivity index (χ0v) is 12.7. The van der Waals surface area contributed by atoms with Gasteiger partial charge in [0.2, 0.25) is 0 Å². The van der Waals surface area contributed by atoms with Gasteiger partial charge < -0.3 is 15.2 Å². The Labute approximate surface area is 117 Å². The van der Waals surface area contributed by atoms with E-state index in [1.807, 2.05) is 6.92 Å². The van der Waals surface area contributed by atoms with Crippen molar-refractivity contribution in [2.45, 2.75) is 26.3 Å². The van der Waals surface area contributed by atoms with E-state index >= 15 is 0 Å². The molecular weight excluding hydrogens is 294 g/mol. The quantitative estimate of drug-likeness (QED) is 0.932. The first kappa shape index (κ1) is 13.8. The van der Waals surface area contributed by atoms with Crippen LogP contribution in [-0.4, -0.2) is 20.3 Å². The predicted molar refractivity (Wildman–Crippen MR) is 76.0 cm³/mol. The van der Waals surface area contributed by atoms with Gasteiger partial charge in [0.1, 0.15) is 5.75 Å². The molecule has 0 aromatic heterocycles. The Kier molecular flexibility index (Phi) is 4.30. The smallest absolute Gasteiger partial charge is 0.126 e. The third-order valence-corrected chi connectivity index (χ3v) is 4.54. The molecule has 2 unspecified atom stereocenters. The lowest BCUT2D eigenvalue weighted by molar-refractivity contribution is 0.180. The maximum Gasteiger partial charge on any atom is 0.126 e. The summed E-state index contributed by atoms with van der Waals surface area (Å²) in [6.07, 6.45) is 1.02. The Balaban J connectivity index is 2.46. The molecule has 0 aliphatic carbocycles. The normalized spacial score (nSPS) is 21.1. The molecule has 2 rings (SSSR count). The number of aryl methyl sites for hydroxylation is 1. The van der Waals surface area contributed by atoms with E-state index in [0.717, 1.165) is 46.5 Å². The molecule has 18 heavy (non-hydrogen) atoms. The highest BCUT2D eigenvalue weighted by molar-refractivity contribution is 9.10. The molecular formula is C14H20BrNO2. The van der Waals surface area contributed by atoms with Gasteiger partial charge in [0, 0.05) is 28.6 Å². The summed E-state index contributed by atoms with van der Waals surface area (Å²) in [5.41, 5.74) is 9.82. The zero-order valence-electron chi connectivity index (χ0n) is 11.1. The third-order valence-electron chi connectivity index (χ3n) is 3.72. The molecule has 1 aliphatic rings. The highest BCUT2D eigenvalue weighted by Gasteiger charge is 2.28. The van der Waals surface area contributed by atoms with Crippen molar-refractivity contribution in [3.05, 3.63) is 27.2 Å². The van der Waals surface area contributed by atoms with E-state index in [2.05, 4.69) is 28.9 Å². The van der Waals surface area contributed by atoms with Crippen LogP contribution in [0.1, 0.15) is 29.2 Å². The first-order valence-electron chi connectivity index (χ1n) is 6.23. The number of benzene rings is 1. The first-order chi connectivity index (χ1) is 8.56. The van der Waals surface area contributed by atoms with Crippen LogP contribution in [0, 0.1) is 19.8 Å². The molecule has 0 saturated carbocycles. The molecule has 1 saturated heterocycles. The van der Waals surface area contributed by atoms with Crippen molar-refractivity contribution in [2.75, 3.05) is 20.3 Å². The standard InChI is InChI=1S/C14H20BrNO2/c1-8-6-11(15)9(2)12(14(8)17-3)13(16)10-4-5-18-7-10/h6,10,13H,4-5,7,16H2,1-3H3. The van der Waals surface area contributed by atoms with Crippen LogP contribution in [-0.2, 0) is 4.74 Å². The Hall–Kier alpha value is -0.580. The van der Waals surface area contributed by atoms with Crippen molar-refractivity contribution >= 4 is 15.9 Å². The number of ether oxygens (including phenoxy) is 2. The SMILES string of the molecule is COc1c(C)cc(Br)c(C)c1C(N)C1CCOC1. The molecule has 1 aromatic rings. The summed E-state index contributed by atoms with van der Waals surface area (Å²) >= 11 is 3.59. The van der Waals surface area contributed by atoms with Crippen molar-refractivity contribution in [2.24, 2.45) is 11.7 Å². The van der Waals surface area contributed by atoms with E-state index in [9.17, 15) is 0 Å². The largest absolute Gasteiger partial charge is 0.496 e. The third kappa shape index (κ3) is 2.42. The topological polar surface area (TPSA) is 44.5 Å². The number of hydrogen-bond acceptors (Lipinski definition) is 3.